The van der Waals surface area contributed by atoms with Crippen molar-refractivity contribution in [1.29, 1.82) is 0 Å². The number of hydrogen-bond donors (Lipinski definition) is 0. The quantitative estimate of drug-likeness (QED) is 0.546. The summed E-state index contributed by atoms with van der Waals surface area (Å²) >= 11 is 0. The number of carbonyl (C=O) groups is 1. The fourth-order valence-corrected chi connectivity index (χ4v) is 2.58. The third-order valence-corrected chi connectivity index (χ3v) is 3.71. The summed E-state index contributed by atoms with van der Waals surface area (Å²) in [7, 11) is 0. The lowest BCUT2D eigenvalue weighted by atomic mass is 10.1. The molecule has 3 aromatic rings. The van der Waals surface area contributed by atoms with Crippen LogP contribution in [-0.4, -0.2) is 22.1 Å². The lowest BCUT2D eigenvalue weighted by molar-refractivity contribution is 0.0519. The molecule has 0 spiro atoms. The van der Waals surface area contributed by atoms with E-state index in [1.165, 1.54) is 12.1 Å². The number of halogens is 1. The van der Waals surface area contributed by atoms with Crippen molar-refractivity contribution >= 4 is 16.9 Å². The molecule has 4 nitrogen and oxygen atoms in total. The smallest absolute Gasteiger partial charge is 0.358 e. The standard InChI is InChI=1S/C19H15FN2O2/c1-3-15-16-9-10-22(12-13-5-7-14(20)8-6-13)17(16)11-21-18(15)19(23)24-4-2/h1,5-11H,4,12H2,2H3. The molecule has 0 unspecified atom stereocenters. The predicted molar refractivity (Wildman–Crippen MR) is 89.1 cm³/mol. The van der Waals surface area contributed by atoms with Crippen LogP contribution in [0.15, 0.2) is 42.7 Å². The Hall–Kier alpha value is -3.13. The van der Waals surface area contributed by atoms with E-state index in [1.54, 1.807) is 25.3 Å². The maximum absolute atomic E-state index is 13.0. The van der Waals surface area contributed by atoms with Crippen LogP contribution >= 0.6 is 0 Å². The monoisotopic (exact) mass is 322 g/mol. The predicted octanol–water partition coefficient (Wildman–Crippen LogP) is 3.38. The van der Waals surface area contributed by atoms with Crippen LogP contribution in [0.4, 0.5) is 4.39 Å². The molecule has 0 aliphatic heterocycles. The normalized spacial score (nSPS) is 10.5. The van der Waals surface area contributed by atoms with E-state index in [9.17, 15) is 9.18 Å². The zero-order chi connectivity index (χ0) is 17.1. The van der Waals surface area contributed by atoms with E-state index in [2.05, 4.69) is 10.9 Å². The van der Waals surface area contributed by atoms with E-state index in [-0.39, 0.29) is 18.1 Å². The van der Waals surface area contributed by atoms with Crippen LogP contribution < -0.4 is 0 Å². The maximum atomic E-state index is 13.0. The van der Waals surface area contributed by atoms with E-state index >= 15 is 0 Å². The van der Waals surface area contributed by atoms with Crippen LogP contribution in [0, 0.1) is 18.2 Å². The Morgan fingerprint density at radius 3 is 2.75 bits per heavy atom. The topological polar surface area (TPSA) is 44.1 Å². The first kappa shape index (κ1) is 15.8. The Morgan fingerprint density at radius 1 is 1.33 bits per heavy atom. The number of terminal acetylenes is 1. The van der Waals surface area contributed by atoms with E-state index in [0.717, 1.165) is 16.5 Å². The first-order valence-electron chi connectivity index (χ1n) is 7.50. The van der Waals surface area contributed by atoms with Crippen molar-refractivity contribution in [2.45, 2.75) is 13.5 Å². The van der Waals surface area contributed by atoms with E-state index < -0.39 is 5.97 Å². The third-order valence-electron chi connectivity index (χ3n) is 3.71. The van der Waals surface area contributed by atoms with Crippen LogP contribution in [0.1, 0.15) is 28.5 Å². The van der Waals surface area contributed by atoms with Crippen LogP contribution in [-0.2, 0) is 11.3 Å². The van der Waals surface area contributed by atoms with Gasteiger partial charge in [0, 0.05) is 18.1 Å². The number of rotatable bonds is 4. The molecule has 2 heterocycles. The summed E-state index contributed by atoms with van der Waals surface area (Å²) in [4.78, 5) is 16.2. The van der Waals surface area contributed by atoms with Gasteiger partial charge in [0.25, 0.3) is 0 Å². The number of pyridine rings is 1. The van der Waals surface area contributed by atoms with Crippen LogP contribution in [0.2, 0.25) is 0 Å². The summed E-state index contributed by atoms with van der Waals surface area (Å²) in [5, 5.41) is 0.762. The maximum Gasteiger partial charge on any atom is 0.358 e. The summed E-state index contributed by atoms with van der Waals surface area (Å²) < 4.78 is 20.0. The second kappa shape index (κ2) is 6.55. The number of fused-ring (bicyclic) bond motifs is 1. The van der Waals surface area contributed by atoms with Crippen molar-refractivity contribution in [2.24, 2.45) is 0 Å². The number of benzene rings is 1. The molecule has 2 aromatic heterocycles. The van der Waals surface area contributed by atoms with Gasteiger partial charge in [0.1, 0.15) is 5.82 Å². The van der Waals surface area contributed by atoms with Crippen molar-refractivity contribution in [1.82, 2.24) is 9.55 Å². The Bertz CT molecular complexity index is 936. The molecule has 0 N–H and O–H groups in total. The minimum Gasteiger partial charge on any atom is -0.461 e. The minimum atomic E-state index is -0.529. The second-order valence-electron chi connectivity index (χ2n) is 5.22. The molecule has 0 aliphatic carbocycles. The van der Waals surface area contributed by atoms with Gasteiger partial charge in [-0.1, -0.05) is 18.1 Å². The van der Waals surface area contributed by atoms with Gasteiger partial charge in [0.2, 0.25) is 0 Å². The van der Waals surface area contributed by atoms with Crippen molar-refractivity contribution in [3.05, 3.63) is 65.4 Å². The number of ether oxygens (including phenoxy) is 1. The molecule has 0 amide bonds. The zero-order valence-corrected chi connectivity index (χ0v) is 13.1. The molecule has 3 rings (SSSR count). The van der Waals surface area contributed by atoms with Crippen molar-refractivity contribution in [2.75, 3.05) is 6.61 Å². The second-order valence-corrected chi connectivity index (χ2v) is 5.22. The first-order chi connectivity index (χ1) is 11.6. The molecular weight excluding hydrogens is 307 g/mol. The summed E-state index contributed by atoms with van der Waals surface area (Å²) in [6.07, 6.45) is 9.05. The van der Waals surface area contributed by atoms with E-state index in [0.29, 0.717) is 12.1 Å². The summed E-state index contributed by atoms with van der Waals surface area (Å²) in [5.41, 5.74) is 2.32. The molecule has 0 saturated heterocycles. The minimum absolute atomic E-state index is 0.145. The van der Waals surface area contributed by atoms with Gasteiger partial charge in [-0.15, -0.1) is 6.42 Å². The molecule has 0 radical (unpaired) electrons. The average Bonchev–Trinajstić information content (AvgIpc) is 2.99. The number of hydrogen-bond acceptors (Lipinski definition) is 3. The lowest BCUT2D eigenvalue weighted by Crippen LogP contribution is -2.10. The Kier molecular flexibility index (Phi) is 4.30. The highest BCUT2D eigenvalue weighted by Gasteiger charge is 2.17. The SMILES string of the molecule is C#Cc1c(C(=O)OCC)ncc2c1ccn2Cc1ccc(F)cc1. The highest BCUT2D eigenvalue weighted by atomic mass is 19.1. The van der Waals surface area contributed by atoms with Gasteiger partial charge >= 0.3 is 5.97 Å². The Balaban J connectivity index is 2.02. The fourth-order valence-electron chi connectivity index (χ4n) is 2.58. The van der Waals surface area contributed by atoms with Crippen LogP contribution in [0.25, 0.3) is 10.9 Å². The summed E-state index contributed by atoms with van der Waals surface area (Å²) in [6, 6.07) is 8.14. The number of esters is 1. The average molecular weight is 322 g/mol. The molecule has 5 heteroatoms. The molecule has 0 aliphatic rings. The van der Waals surface area contributed by atoms with E-state index in [1.807, 2.05) is 16.8 Å². The Labute approximate surface area is 138 Å². The summed E-state index contributed by atoms with van der Waals surface area (Å²) in [5.74, 6) is 1.74. The number of nitrogens with zero attached hydrogens (tertiary/aromatic N) is 2. The molecule has 1 aromatic carbocycles. The molecule has 0 fully saturated rings. The molecular formula is C19H15FN2O2. The van der Waals surface area contributed by atoms with E-state index in [4.69, 9.17) is 11.2 Å². The summed E-state index contributed by atoms with van der Waals surface area (Å²) in [6.45, 7) is 2.54. The van der Waals surface area contributed by atoms with Gasteiger partial charge < -0.3 is 9.30 Å². The van der Waals surface area contributed by atoms with Gasteiger partial charge in [-0.05, 0) is 30.7 Å². The highest BCUT2D eigenvalue weighted by Crippen LogP contribution is 2.23. The first-order valence-corrected chi connectivity index (χ1v) is 7.50. The molecule has 0 atom stereocenters. The third kappa shape index (κ3) is 2.86. The zero-order valence-electron chi connectivity index (χ0n) is 13.1. The van der Waals surface area contributed by atoms with Crippen LogP contribution in [0.5, 0.6) is 0 Å². The van der Waals surface area contributed by atoms with Gasteiger partial charge in [0.05, 0.1) is 23.9 Å². The van der Waals surface area contributed by atoms with Gasteiger partial charge in [-0.3, -0.25) is 0 Å². The fraction of sp³-hybridized carbons (Fsp3) is 0.158. The largest absolute Gasteiger partial charge is 0.461 e. The van der Waals surface area contributed by atoms with Crippen molar-refractivity contribution in [3.63, 3.8) is 0 Å². The lowest BCUT2D eigenvalue weighted by Gasteiger charge is -2.08. The Morgan fingerprint density at radius 2 is 2.08 bits per heavy atom. The molecule has 0 saturated carbocycles. The van der Waals surface area contributed by atoms with Crippen molar-refractivity contribution in [3.8, 4) is 12.3 Å². The number of aromatic nitrogens is 2. The molecule has 24 heavy (non-hydrogen) atoms. The van der Waals surface area contributed by atoms with Gasteiger partial charge in [-0.2, -0.15) is 0 Å². The van der Waals surface area contributed by atoms with Gasteiger partial charge in [-0.25, -0.2) is 14.2 Å². The number of carbonyl (C=O) groups excluding carboxylic acids is 1. The highest BCUT2D eigenvalue weighted by molar-refractivity contribution is 5.98. The van der Waals surface area contributed by atoms with Gasteiger partial charge in [0.15, 0.2) is 5.69 Å². The van der Waals surface area contributed by atoms with Crippen LogP contribution in [0.3, 0.4) is 0 Å². The molecule has 0 bridgehead atoms. The van der Waals surface area contributed by atoms with Crippen molar-refractivity contribution < 1.29 is 13.9 Å². The molecule has 120 valence electrons.